The Morgan fingerprint density at radius 3 is 1.82 bits per heavy atom. The molecule has 1 heterocycles. The summed E-state index contributed by atoms with van der Waals surface area (Å²) in [5, 5.41) is 12.1. The molecular formula is C27H27N3O3. The molecule has 0 spiro atoms. The van der Waals surface area contributed by atoms with Crippen LogP contribution in [0.25, 0.3) is 0 Å². The summed E-state index contributed by atoms with van der Waals surface area (Å²) in [5.74, 6) is -0.995. The van der Waals surface area contributed by atoms with Gasteiger partial charge in [-0.25, -0.2) is 4.79 Å². The van der Waals surface area contributed by atoms with Crippen molar-refractivity contribution >= 4 is 28.9 Å². The molecule has 0 saturated carbocycles. The van der Waals surface area contributed by atoms with Crippen LogP contribution in [0.1, 0.15) is 38.3 Å². The van der Waals surface area contributed by atoms with E-state index in [0.717, 1.165) is 56.1 Å². The van der Waals surface area contributed by atoms with Crippen molar-refractivity contribution < 1.29 is 14.7 Å². The molecule has 0 radical (unpaired) electrons. The van der Waals surface area contributed by atoms with Crippen molar-refractivity contribution in [3.8, 4) is 0 Å². The molecule has 6 nitrogen and oxygen atoms in total. The number of carbonyl (C=O) groups is 2. The van der Waals surface area contributed by atoms with E-state index in [0.29, 0.717) is 11.1 Å². The monoisotopic (exact) mass is 441 g/mol. The maximum absolute atomic E-state index is 12.7. The van der Waals surface area contributed by atoms with Crippen LogP contribution in [0.15, 0.2) is 66.7 Å². The van der Waals surface area contributed by atoms with Gasteiger partial charge in [-0.3, -0.25) is 4.79 Å². The highest BCUT2D eigenvalue weighted by Crippen LogP contribution is 2.26. The predicted molar refractivity (Wildman–Crippen MR) is 131 cm³/mol. The highest BCUT2D eigenvalue weighted by atomic mass is 16.4. The number of anilines is 3. The lowest BCUT2D eigenvalue weighted by Gasteiger charge is -2.37. The van der Waals surface area contributed by atoms with E-state index in [1.807, 2.05) is 42.5 Å². The van der Waals surface area contributed by atoms with Crippen molar-refractivity contribution in [2.45, 2.75) is 19.3 Å². The number of carboxylic acids is 1. The highest BCUT2D eigenvalue weighted by molar-refractivity contribution is 6.04. The minimum absolute atomic E-state index is 0.0888. The summed E-state index contributed by atoms with van der Waals surface area (Å²) >= 11 is 0. The first-order valence-electron chi connectivity index (χ1n) is 11.4. The lowest BCUT2D eigenvalue weighted by molar-refractivity contribution is 0.0696. The van der Waals surface area contributed by atoms with Gasteiger partial charge < -0.3 is 20.2 Å². The normalized spacial score (nSPS) is 15.3. The Morgan fingerprint density at radius 2 is 1.24 bits per heavy atom. The molecule has 3 aromatic rings. The molecule has 1 amide bonds. The van der Waals surface area contributed by atoms with Crippen molar-refractivity contribution in [3.63, 3.8) is 0 Å². The molecule has 1 fully saturated rings. The number of piperazine rings is 1. The van der Waals surface area contributed by atoms with E-state index in [1.165, 1.54) is 17.5 Å². The minimum atomic E-state index is -0.907. The molecule has 2 N–H and O–H groups in total. The third kappa shape index (κ3) is 4.55. The van der Waals surface area contributed by atoms with E-state index in [-0.39, 0.29) is 5.91 Å². The summed E-state index contributed by atoms with van der Waals surface area (Å²) in [4.78, 5) is 28.3. The van der Waals surface area contributed by atoms with Gasteiger partial charge in [0.25, 0.3) is 5.91 Å². The van der Waals surface area contributed by atoms with Gasteiger partial charge in [0, 0.05) is 48.8 Å². The average molecular weight is 442 g/mol. The van der Waals surface area contributed by atoms with Gasteiger partial charge in [-0.1, -0.05) is 6.07 Å². The second-order valence-electron chi connectivity index (χ2n) is 8.66. The summed E-state index contributed by atoms with van der Waals surface area (Å²) < 4.78 is 0. The second kappa shape index (κ2) is 8.98. The number of aromatic carboxylic acids is 1. The number of hydrogen-bond donors (Lipinski definition) is 2. The molecule has 2 aliphatic rings. The molecule has 3 aromatic carbocycles. The third-order valence-electron chi connectivity index (χ3n) is 6.61. The smallest absolute Gasteiger partial charge is 0.335 e. The van der Waals surface area contributed by atoms with Gasteiger partial charge in [-0.2, -0.15) is 0 Å². The van der Waals surface area contributed by atoms with E-state index < -0.39 is 5.97 Å². The molecule has 0 aromatic heterocycles. The Morgan fingerprint density at radius 1 is 0.697 bits per heavy atom. The lowest BCUT2D eigenvalue weighted by Crippen LogP contribution is -2.46. The Kier molecular flexibility index (Phi) is 5.73. The number of nitrogens with one attached hydrogen (secondary N) is 1. The molecule has 1 aliphatic carbocycles. The van der Waals surface area contributed by atoms with Crippen LogP contribution >= 0.6 is 0 Å². The van der Waals surface area contributed by atoms with Gasteiger partial charge in [0.05, 0.1) is 5.56 Å². The Bertz CT molecular complexity index is 1160. The quantitative estimate of drug-likeness (QED) is 0.612. The highest BCUT2D eigenvalue weighted by Gasteiger charge is 2.19. The van der Waals surface area contributed by atoms with Crippen LogP contribution in [0.3, 0.4) is 0 Å². The van der Waals surface area contributed by atoms with Gasteiger partial charge in [0.15, 0.2) is 0 Å². The zero-order valence-electron chi connectivity index (χ0n) is 18.5. The zero-order valence-corrected chi connectivity index (χ0v) is 18.5. The summed E-state index contributed by atoms with van der Waals surface area (Å²) in [6.07, 6.45) is 3.42. The number of aryl methyl sites for hydroxylation is 2. The fraction of sp³-hybridized carbons (Fsp3) is 0.259. The summed E-state index contributed by atoms with van der Waals surface area (Å²) in [6, 6.07) is 21.0. The Balaban J connectivity index is 1.18. The van der Waals surface area contributed by atoms with Gasteiger partial charge >= 0.3 is 5.97 Å². The molecule has 0 bridgehead atoms. The van der Waals surface area contributed by atoms with Gasteiger partial charge in [-0.05, 0) is 91.1 Å². The number of carbonyl (C=O) groups excluding carboxylic acids is 1. The van der Waals surface area contributed by atoms with Crippen LogP contribution in [-0.2, 0) is 12.8 Å². The molecule has 168 valence electrons. The first kappa shape index (κ1) is 21.1. The number of nitrogens with zero attached hydrogens (tertiary/aromatic N) is 2. The fourth-order valence-corrected chi connectivity index (χ4v) is 4.71. The standard InChI is InChI=1S/C27H27N3O3/c31-26(28-23-9-4-19-2-1-3-22(19)18-23)20-5-10-24(11-6-20)29-14-16-30(17-15-29)25-12-7-21(8-13-25)27(32)33/h4-13,18H,1-3,14-17H2,(H,28,31)(H,32,33). The molecule has 5 rings (SSSR count). The van der Waals surface area contributed by atoms with Crippen LogP contribution in [0.5, 0.6) is 0 Å². The summed E-state index contributed by atoms with van der Waals surface area (Å²) in [7, 11) is 0. The maximum atomic E-state index is 12.7. The van der Waals surface area contributed by atoms with Gasteiger partial charge in [0.1, 0.15) is 0 Å². The van der Waals surface area contributed by atoms with E-state index in [4.69, 9.17) is 5.11 Å². The molecule has 0 atom stereocenters. The maximum Gasteiger partial charge on any atom is 0.335 e. The molecule has 1 aliphatic heterocycles. The van der Waals surface area contributed by atoms with Crippen molar-refractivity contribution in [2.75, 3.05) is 41.3 Å². The molecule has 6 heteroatoms. The third-order valence-corrected chi connectivity index (χ3v) is 6.61. The van der Waals surface area contributed by atoms with E-state index in [1.54, 1.807) is 12.1 Å². The van der Waals surface area contributed by atoms with E-state index >= 15 is 0 Å². The second-order valence-corrected chi connectivity index (χ2v) is 8.66. The number of amides is 1. The van der Waals surface area contributed by atoms with Crippen LogP contribution in [0.2, 0.25) is 0 Å². The van der Waals surface area contributed by atoms with Crippen molar-refractivity contribution in [1.82, 2.24) is 0 Å². The van der Waals surface area contributed by atoms with Gasteiger partial charge in [-0.15, -0.1) is 0 Å². The number of fused-ring (bicyclic) bond motifs is 1. The number of hydrogen-bond acceptors (Lipinski definition) is 4. The van der Waals surface area contributed by atoms with Gasteiger partial charge in [0.2, 0.25) is 0 Å². The molecular weight excluding hydrogens is 414 g/mol. The average Bonchev–Trinajstić information content (AvgIpc) is 3.32. The number of benzene rings is 3. The number of carboxylic acid groups (broad SMARTS) is 1. The van der Waals surface area contributed by atoms with Crippen LogP contribution < -0.4 is 15.1 Å². The van der Waals surface area contributed by atoms with Crippen molar-refractivity contribution in [3.05, 3.63) is 89.0 Å². The predicted octanol–water partition coefficient (Wildman–Crippen LogP) is 4.45. The SMILES string of the molecule is O=C(O)c1ccc(N2CCN(c3ccc(C(=O)Nc4ccc5c(c4)CCC5)cc3)CC2)cc1. The van der Waals surface area contributed by atoms with Crippen molar-refractivity contribution in [2.24, 2.45) is 0 Å². The molecule has 33 heavy (non-hydrogen) atoms. The first-order valence-corrected chi connectivity index (χ1v) is 11.4. The summed E-state index contributed by atoms with van der Waals surface area (Å²) in [5.41, 5.74) is 6.70. The fourth-order valence-electron chi connectivity index (χ4n) is 4.71. The molecule has 1 saturated heterocycles. The largest absolute Gasteiger partial charge is 0.478 e. The topological polar surface area (TPSA) is 72.9 Å². The minimum Gasteiger partial charge on any atom is -0.478 e. The zero-order chi connectivity index (χ0) is 22.8. The molecule has 0 unspecified atom stereocenters. The summed E-state index contributed by atoms with van der Waals surface area (Å²) in [6.45, 7) is 3.43. The van der Waals surface area contributed by atoms with Crippen LogP contribution in [0.4, 0.5) is 17.1 Å². The Labute approximate surface area is 193 Å². The Hall–Kier alpha value is -3.80. The first-order chi connectivity index (χ1) is 16.1. The van der Waals surface area contributed by atoms with Crippen LogP contribution in [-0.4, -0.2) is 43.2 Å². The van der Waals surface area contributed by atoms with E-state index in [9.17, 15) is 9.59 Å². The van der Waals surface area contributed by atoms with Crippen LogP contribution in [0, 0.1) is 0 Å². The lowest BCUT2D eigenvalue weighted by atomic mass is 10.1. The van der Waals surface area contributed by atoms with Crippen molar-refractivity contribution in [1.29, 1.82) is 0 Å². The van der Waals surface area contributed by atoms with E-state index in [2.05, 4.69) is 27.2 Å². The number of rotatable bonds is 5.